The first kappa shape index (κ1) is 33.7. The zero-order valence-electron chi connectivity index (χ0n) is 23.3. The number of rotatable bonds is 15. The van der Waals surface area contributed by atoms with Gasteiger partial charge in [-0.05, 0) is 56.0 Å². The maximum atomic E-state index is 12.9. The molecule has 1 aromatic heterocycles. The van der Waals surface area contributed by atoms with Crippen molar-refractivity contribution in [1.29, 1.82) is 0 Å². The van der Waals surface area contributed by atoms with Crippen LogP contribution >= 0.6 is 35.6 Å². The second kappa shape index (κ2) is 16.7. The number of hydrogen-bond acceptors (Lipinski definition) is 6. The first-order valence-electron chi connectivity index (χ1n) is 13.4. The standard InChI is InChI=1S/C29H39Cl2N5O3.ClH/c1-4-39-29(38)25(18-20(2)3)34-28(37)23(32)11-13-27-33-24-19-22(35(16-14-30)17-15-31)10-12-26(24)36(27)21-8-6-5-7-9-21;/h5-10,12,19-20,23,25H,4,11,13-18,32H2,1-3H3,(H,34,37);1H/t23-,25-;/m0./s1. The highest BCUT2D eigenvalue weighted by molar-refractivity contribution is 6.18. The summed E-state index contributed by atoms with van der Waals surface area (Å²) in [4.78, 5) is 32.4. The number of amides is 1. The maximum Gasteiger partial charge on any atom is 0.328 e. The molecule has 0 fully saturated rings. The number of para-hydroxylation sites is 1. The molecule has 2 aromatic carbocycles. The van der Waals surface area contributed by atoms with Gasteiger partial charge in [0.15, 0.2) is 0 Å². The quantitative estimate of drug-likeness (QED) is 0.183. The second-order valence-electron chi connectivity index (χ2n) is 9.82. The monoisotopic (exact) mass is 611 g/mol. The Morgan fingerprint density at radius 2 is 1.77 bits per heavy atom. The third-order valence-electron chi connectivity index (χ3n) is 6.41. The van der Waals surface area contributed by atoms with Gasteiger partial charge in [-0.25, -0.2) is 9.78 Å². The molecule has 2 atom stereocenters. The van der Waals surface area contributed by atoms with Gasteiger partial charge < -0.3 is 20.7 Å². The van der Waals surface area contributed by atoms with Crippen LogP contribution in [0.15, 0.2) is 48.5 Å². The van der Waals surface area contributed by atoms with E-state index in [2.05, 4.69) is 20.9 Å². The van der Waals surface area contributed by atoms with Crippen molar-refractivity contribution in [3.05, 3.63) is 54.4 Å². The fourth-order valence-corrected chi connectivity index (χ4v) is 4.95. The molecule has 3 aromatic rings. The summed E-state index contributed by atoms with van der Waals surface area (Å²) in [5.74, 6) is 1.17. The van der Waals surface area contributed by atoms with Crippen molar-refractivity contribution in [2.24, 2.45) is 11.7 Å². The number of nitrogens with two attached hydrogens (primary N) is 1. The SMILES string of the molecule is CCOC(=O)[C@H](CC(C)C)NC(=O)[C@@H](N)CCc1nc2cc(N(CCCl)CCCl)ccc2n1-c1ccccc1.Cl. The van der Waals surface area contributed by atoms with E-state index >= 15 is 0 Å². The molecule has 0 aliphatic carbocycles. The molecule has 220 valence electrons. The van der Waals surface area contributed by atoms with Crippen molar-refractivity contribution in [2.75, 3.05) is 36.4 Å². The number of esters is 1. The Labute approximate surface area is 252 Å². The molecule has 0 bridgehead atoms. The van der Waals surface area contributed by atoms with Gasteiger partial charge in [0.2, 0.25) is 5.91 Å². The Morgan fingerprint density at radius 1 is 1.10 bits per heavy atom. The maximum absolute atomic E-state index is 12.9. The Hall–Kier alpha value is -2.52. The van der Waals surface area contributed by atoms with Crippen LogP contribution < -0.4 is 16.0 Å². The van der Waals surface area contributed by atoms with Crippen LogP contribution in [0.1, 0.15) is 39.4 Å². The summed E-state index contributed by atoms with van der Waals surface area (Å²) in [6.07, 6.45) is 1.30. The molecule has 1 amide bonds. The number of ether oxygens (including phenoxy) is 1. The molecule has 0 unspecified atom stereocenters. The van der Waals surface area contributed by atoms with Crippen molar-refractivity contribution in [3.63, 3.8) is 0 Å². The molecule has 0 aliphatic heterocycles. The smallest absolute Gasteiger partial charge is 0.328 e. The molecule has 1 heterocycles. The number of aromatic nitrogens is 2. The van der Waals surface area contributed by atoms with Crippen LogP contribution in [0.5, 0.6) is 0 Å². The minimum absolute atomic E-state index is 0. The Kier molecular flexibility index (Phi) is 14.0. The molecular weight excluding hydrogens is 573 g/mol. The molecule has 11 heteroatoms. The minimum Gasteiger partial charge on any atom is -0.464 e. The molecule has 0 saturated heterocycles. The third kappa shape index (κ3) is 8.99. The molecule has 3 N–H and O–H groups in total. The van der Waals surface area contributed by atoms with E-state index in [-0.39, 0.29) is 30.8 Å². The summed E-state index contributed by atoms with van der Waals surface area (Å²) < 4.78 is 7.24. The van der Waals surface area contributed by atoms with E-state index in [1.165, 1.54) is 0 Å². The van der Waals surface area contributed by atoms with Gasteiger partial charge in [0.1, 0.15) is 11.9 Å². The summed E-state index contributed by atoms with van der Waals surface area (Å²) in [6, 6.07) is 14.6. The topological polar surface area (TPSA) is 102 Å². The normalized spacial score (nSPS) is 12.6. The highest BCUT2D eigenvalue weighted by atomic mass is 35.5. The van der Waals surface area contributed by atoms with E-state index in [1.807, 2.05) is 56.3 Å². The van der Waals surface area contributed by atoms with Crippen molar-refractivity contribution < 1.29 is 14.3 Å². The van der Waals surface area contributed by atoms with E-state index < -0.39 is 18.1 Å². The molecular formula is C29H40Cl3N5O3. The summed E-state index contributed by atoms with van der Waals surface area (Å²) >= 11 is 12.0. The lowest BCUT2D eigenvalue weighted by atomic mass is 10.0. The number of nitrogens with one attached hydrogen (secondary N) is 1. The largest absolute Gasteiger partial charge is 0.464 e. The zero-order chi connectivity index (χ0) is 28.4. The second-order valence-corrected chi connectivity index (χ2v) is 10.6. The van der Waals surface area contributed by atoms with Crippen molar-refractivity contribution in [3.8, 4) is 5.69 Å². The number of nitrogens with zero attached hydrogens (tertiary/aromatic N) is 3. The molecule has 0 radical (unpaired) electrons. The Bertz CT molecular complexity index is 1220. The highest BCUT2D eigenvalue weighted by Crippen LogP contribution is 2.27. The van der Waals surface area contributed by atoms with Gasteiger partial charge in [0, 0.05) is 42.6 Å². The number of carbonyl (C=O) groups excluding carboxylic acids is 2. The number of alkyl halides is 2. The third-order valence-corrected chi connectivity index (χ3v) is 6.74. The number of hydrogen-bond donors (Lipinski definition) is 2. The first-order valence-corrected chi connectivity index (χ1v) is 14.5. The highest BCUT2D eigenvalue weighted by Gasteiger charge is 2.26. The van der Waals surface area contributed by atoms with E-state index in [0.29, 0.717) is 44.1 Å². The number of benzene rings is 2. The lowest BCUT2D eigenvalue weighted by Gasteiger charge is -2.22. The van der Waals surface area contributed by atoms with Crippen LogP contribution in [0.2, 0.25) is 0 Å². The molecule has 0 saturated carbocycles. The molecule has 0 aliphatic rings. The van der Waals surface area contributed by atoms with E-state index in [4.69, 9.17) is 38.7 Å². The number of carbonyl (C=O) groups is 2. The van der Waals surface area contributed by atoms with Crippen LogP contribution in [0.4, 0.5) is 5.69 Å². The lowest BCUT2D eigenvalue weighted by Crippen LogP contribution is -2.49. The number of aryl methyl sites for hydroxylation is 1. The summed E-state index contributed by atoms with van der Waals surface area (Å²) in [6.45, 7) is 7.33. The number of anilines is 1. The van der Waals surface area contributed by atoms with Crippen LogP contribution in [0, 0.1) is 5.92 Å². The number of fused-ring (bicyclic) bond motifs is 1. The van der Waals surface area contributed by atoms with Crippen molar-refractivity contribution in [2.45, 2.75) is 52.1 Å². The predicted octanol–water partition coefficient (Wildman–Crippen LogP) is 5.09. The average Bonchev–Trinajstić information content (AvgIpc) is 3.29. The van der Waals surface area contributed by atoms with Crippen LogP contribution in [-0.4, -0.2) is 65.0 Å². The van der Waals surface area contributed by atoms with Gasteiger partial charge in [-0.15, -0.1) is 35.6 Å². The van der Waals surface area contributed by atoms with E-state index in [9.17, 15) is 9.59 Å². The van der Waals surface area contributed by atoms with Gasteiger partial charge in [0.25, 0.3) is 0 Å². The molecule has 0 spiro atoms. The van der Waals surface area contributed by atoms with Gasteiger partial charge in [-0.1, -0.05) is 32.0 Å². The van der Waals surface area contributed by atoms with E-state index in [0.717, 1.165) is 28.2 Å². The zero-order valence-corrected chi connectivity index (χ0v) is 25.6. The van der Waals surface area contributed by atoms with Crippen LogP contribution in [0.25, 0.3) is 16.7 Å². The molecule has 3 rings (SSSR count). The van der Waals surface area contributed by atoms with Gasteiger partial charge in [0.05, 0.1) is 23.7 Å². The van der Waals surface area contributed by atoms with Crippen LogP contribution in [-0.2, 0) is 20.7 Å². The first-order chi connectivity index (χ1) is 18.8. The van der Waals surface area contributed by atoms with Crippen molar-refractivity contribution >= 4 is 64.2 Å². The lowest BCUT2D eigenvalue weighted by molar-refractivity contribution is -0.148. The predicted molar refractivity (Wildman–Crippen MR) is 166 cm³/mol. The van der Waals surface area contributed by atoms with Gasteiger partial charge in [-0.3, -0.25) is 9.36 Å². The average molecular weight is 613 g/mol. The molecule has 40 heavy (non-hydrogen) atoms. The summed E-state index contributed by atoms with van der Waals surface area (Å²) in [7, 11) is 0. The van der Waals surface area contributed by atoms with Gasteiger partial charge in [-0.2, -0.15) is 0 Å². The number of imidazole rings is 1. The van der Waals surface area contributed by atoms with E-state index in [1.54, 1.807) is 6.92 Å². The van der Waals surface area contributed by atoms with Crippen molar-refractivity contribution in [1.82, 2.24) is 14.9 Å². The Balaban J connectivity index is 0.00000560. The minimum atomic E-state index is -0.809. The summed E-state index contributed by atoms with van der Waals surface area (Å²) in [5.41, 5.74) is 10.1. The summed E-state index contributed by atoms with van der Waals surface area (Å²) in [5, 5.41) is 2.79. The fourth-order valence-electron chi connectivity index (χ4n) is 4.54. The van der Waals surface area contributed by atoms with Crippen LogP contribution in [0.3, 0.4) is 0 Å². The number of halogens is 3. The Morgan fingerprint density at radius 3 is 2.38 bits per heavy atom. The molecule has 8 nitrogen and oxygen atoms in total. The van der Waals surface area contributed by atoms with Gasteiger partial charge >= 0.3 is 5.97 Å². The fraction of sp³-hybridized carbons (Fsp3) is 0.483.